The summed E-state index contributed by atoms with van der Waals surface area (Å²) in [6.07, 6.45) is 66.0. The number of hydrogen-bond acceptors (Lipinski definition) is 5. The van der Waals surface area contributed by atoms with Crippen molar-refractivity contribution in [3.63, 3.8) is 0 Å². The van der Waals surface area contributed by atoms with Crippen molar-refractivity contribution >= 4 is 13.7 Å². The second kappa shape index (κ2) is 46.5. The van der Waals surface area contributed by atoms with E-state index in [4.69, 9.17) is 9.05 Å². The number of nitrogens with one attached hydrogen (secondary N) is 1. The van der Waals surface area contributed by atoms with E-state index < -0.39 is 20.0 Å². The topological polar surface area (TPSA) is 105 Å². The maximum absolute atomic E-state index is 12.9. The van der Waals surface area contributed by atoms with Crippen molar-refractivity contribution in [2.45, 2.75) is 212 Å². The van der Waals surface area contributed by atoms with Gasteiger partial charge in [-0.3, -0.25) is 13.8 Å². The Balaban J connectivity index is 4.13. The van der Waals surface area contributed by atoms with E-state index in [0.717, 1.165) is 96.3 Å². The Morgan fingerprint density at radius 2 is 0.923 bits per heavy atom. The molecule has 0 aliphatic heterocycles. The Bertz CT molecular complexity index is 1370. The molecule has 3 unspecified atom stereocenters. The molecule has 0 aliphatic carbocycles. The normalized spacial score (nSPS) is 14.9. The van der Waals surface area contributed by atoms with Crippen molar-refractivity contribution in [2.24, 2.45) is 0 Å². The summed E-state index contributed by atoms with van der Waals surface area (Å²) < 4.78 is 23.6. The minimum atomic E-state index is -4.32. The standard InChI is InChI=1S/C56H99N2O6P/c1-6-8-10-12-14-16-18-19-20-21-22-23-24-25-26-27-28-29-30-31-32-33-34-35-36-37-38-39-40-42-44-46-48-50-56(60)57-54(53-64-65(61,62)63-52-51-58(3,4)5)55(59)49-47-45-43-41-17-15-13-11-9-7-2/h8,10,14,16,19-20,22-23,25-26,28-29,31-32,34-35,54-55,59H,6-7,9,11-13,15,17-18,21,24,27,30,33,36-53H2,1-5H3,(H-,57,60,61,62)/p+1/b10-8-,16-14-,20-19-,23-22-,26-25-,29-28-,32-31-,35-34-. The molecule has 1 amide bonds. The van der Waals surface area contributed by atoms with Crippen molar-refractivity contribution in [3.05, 3.63) is 97.2 Å². The van der Waals surface area contributed by atoms with Crippen LogP contribution < -0.4 is 5.32 Å². The lowest BCUT2D eigenvalue weighted by atomic mass is 10.0. The van der Waals surface area contributed by atoms with Gasteiger partial charge in [-0.05, 0) is 77.0 Å². The molecule has 9 heteroatoms. The van der Waals surface area contributed by atoms with E-state index in [0.29, 0.717) is 23.9 Å². The van der Waals surface area contributed by atoms with E-state index in [1.807, 2.05) is 21.1 Å². The van der Waals surface area contributed by atoms with Crippen LogP contribution in [0.2, 0.25) is 0 Å². The molecule has 0 radical (unpaired) electrons. The number of phosphoric ester groups is 1. The molecular formula is C56H100N2O6P+. The molecule has 0 spiro atoms. The molecule has 0 fully saturated rings. The number of carbonyl (C=O) groups is 1. The molecule has 8 nitrogen and oxygen atoms in total. The van der Waals surface area contributed by atoms with E-state index in [-0.39, 0.29) is 19.1 Å². The fourth-order valence-corrected chi connectivity index (χ4v) is 7.74. The van der Waals surface area contributed by atoms with Crippen molar-refractivity contribution in [1.82, 2.24) is 5.32 Å². The maximum atomic E-state index is 12.9. The Hall–Kier alpha value is -2.58. The second-order valence-corrected chi connectivity index (χ2v) is 20.0. The zero-order valence-corrected chi connectivity index (χ0v) is 43.3. The lowest BCUT2D eigenvalue weighted by molar-refractivity contribution is -0.870. The highest BCUT2D eigenvalue weighted by atomic mass is 31.2. The van der Waals surface area contributed by atoms with Crippen LogP contribution in [0.5, 0.6) is 0 Å². The van der Waals surface area contributed by atoms with Gasteiger partial charge in [-0.25, -0.2) is 4.57 Å². The van der Waals surface area contributed by atoms with Gasteiger partial charge in [0.1, 0.15) is 13.2 Å². The van der Waals surface area contributed by atoms with Crippen LogP contribution in [0.3, 0.4) is 0 Å². The van der Waals surface area contributed by atoms with Crippen LogP contribution in [0, 0.1) is 0 Å². The number of phosphoric acid groups is 1. The number of amides is 1. The Kier molecular flexibility index (Phi) is 44.7. The van der Waals surface area contributed by atoms with Gasteiger partial charge in [-0.15, -0.1) is 0 Å². The number of rotatable bonds is 46. The monoisotopic (exact) mass is 928 g/mol. The van der Waals surface area contributed by atoms with Gasteiger partial charge < -0.3 is 19.8 Å². The van der Waals surface area contributed by atoms with Crippen LogP contribution in [0.15, 0.2) is 97.2 Å². The molecule has 0 saturated carbocycles. The first kappa shape index (κ1) is 62.4. The van der Waals surface area contributed by atoms with Gasteiger partial charge in [-0.2, -0.15) is 0 Å². The van der Waals surface area contributed by atoms with Crippen LogP contribution in [0.1, 0.15) is 200 Å². The third-order valence-electron chi connectivity index (χ3n) is 11.1. The Morgan fingerprint density at radius 1 is 0.538 bits per heavy atom. The third-order valence-corrected chi connectivity index (χ3v) is 12.1. The fraction of sp³-hybridized carbons (Fsp3) is 0.696. The van der Waals surface area contributed by atoms with E-state index in [1.165, 1.54) is 77.0 Å². The first-order chi connectivity index (χ1) is 31.5. The minimum Gasteiger partial charge on any atom is -0.391 e. The summed E-state index contributed by atoms with van der Waals surface area (Å²) in [4.78, 5) is 23.2. The Morgan fingerprint density at radius 3 is 1.35 bits per heavy atom. The summed E-state index contributed by atoms with van der Waals surface area (Å²) in [5.74, 6) is -0.159. The first-order valence-electron chi connectivity index (χ1n) is 26.1. The van der Waals surface area contributed by atoms with E-state index in [9.17, 15) is 19.4 Å². The van der Waals surface area contributed by atoms with E-state index in [1.54, 1.807) is 0 Å². The first-order valence-corrected chi connectivity index (χ1v) is 27.6. The maximum Gasteiger partial charge on any atom is 0.472 e. The SMILES string of the molecule is CC/C=C\C/C=C\C/C=C\C/C=C\C/C=C\C/C=C\C/C=C\C/C=C\CCCCCCCCCCC(=O)NC(COP(=O)(O)OCC[N+](C)(C)C)C(O)CCCCCCCCCCCC. The molecule has 0 rings (SSSR count). The lowest BCUT2D eigenvalue weighted by Gasteiger charge is -2.26. The van der Waals surface area contributed by atoms with Crippen LogP contribution in [-0.4, -0.2) is 73.4 Å². The number of likely N-dealkylation sites (N-methyl/N-ethyl adjacent to an activating group) is 1. The summed E-state index contributed by atoms with van der Waals surface area (Å²) in [5, 5.41) is 13.9. The number of quaternary nitrogens is 1. The van der Waals surface area contributed by atoms with Gasteiger partial charge in [-0.1, -0.05) is 214 Å². The van der Waals surface area contributed by atoms with Crippen LogP contribution >= 0.6 is 7.82 Å². The number of aliphatic hydroxyl groups is 1. The summed E-state index contributed by atoms with van der Waals surface area (Å²) in [6.45, 7) is 4.73. The number of nitrogens with zero attached hydrogens (tertiary/aromatic N) is 1. The smallest absolute Gasteiger partial charge is 0.391 e. The quantitative estimate of drug-likeness (QED) is 0.0243. The van der Waals surface area contributed by atoms with Crippen molar-refractivity contribution in [1.29, 1.82) is 0 Å². The van der Waals surface area contributed by atoms with Crippen molar-refractivity contribution < 1.29 is 32.9 Å². The molecule has 0 saturated heterocycles. The molecule has 0 aromatic heterocycles. The summed E-state index contributed by atoms with van der Waals surface area (Å²) in [6, 6.07) is -0.770. The van der Waals surface area contributed by atoms with Gasteiger partial charge in [0.05, 0.1) is 39.9 Å². The Labute approximate surface area is 400 Å². The summed E-state index contributed by atoms with van der Waals surface area (Å²) >= 11 is 0. The minimum absolute atomic E-state index is 0.0680. The van der Waals surface area contributed by atoms with Crippen molar-refractivity contribution in [2.75, 3.05) is 40.9 Å². The van der Waals surface area contributed by atoms with E-state index >= 15 is 0 Å². The number of hydrogen-bond donors (Lipinski definition) is 3. The van der Waals surface area contributed by atoms with Crippen LogP contribution in [0.25, 0.3) is 0 Å². The molecule has 0 aromatic rings. The molecule has 3 atom stereocenters. The van der Waals surface area contributed by atoms with Gasteiger partial charge >= 0.3 is 7.82 Å². The average molecular weight is 928 g/mol. The molecule has 0 bridgehead atoms. The number of carbonyl (C=O) groups excluding carboxylic acids is 1. The molecule has 0 heterocycles. The molecule has 374 valence electrons. The fourth-order valence-electron chi connectivity index (χ4n) is 7.00. The molecular weight excluding hydrogens is 828 g/mol. The molecule has 0 aliphatic rings. The van der Waals surface area contributed by atoms with Gasteiger partial charge in [0.2, 0.25) is 5.91 Å². The highest BCUT2D eigenvalue weighted by molar-refractivity contribution is 7.47. The highest BCUT2D eigenvalue weighted by Gasteiger charge is 2.28. The predicted molar refractivity (Wildman–Crippen MR) is 281 cm³/mol. The number of allylic oxidation sites excluding steroid dienone is 16. The molecule has 0 aromatic carbocycles. The third kappa shape index (κ3) is 49.2. The van der Waals surface area contributed by atoms with Gasteiger partial charge in [0, 0.05) is 6.42 Å². The average Bonchev–Trinajstić information content (AvgIpc) is 3.26. The summed E-state index contributed by atoms with van der Waals surface area (Å²) in [5.41, 5.74) is 0. The second-order valence-electron chi connectivity index (χ2n) is 18.5. The number of unbranched alkanes of at least 4 members (excludes halogenated alkanes) is 17. The summed E-state index contributed by atoms with van der Waals surface area (Å²) in [7, 11) is 1.59. The number of aliphatic hydroxyl groups excluding tert-OH is 1. The lowest BCUT2D eigenvalue weighted by Crippen LogP contribution is -2.46. The predicted octanol–water partition coefficient (Wildman–Crippen LogP) is 15.5. The van der Waals surface area contributed by atoms with Crippen molar-refractivity contribution in [3.8, 4) is 0 Å². The zero-order chi connectivity index (χ0) is 47.8. The molecule has 65 heavy (non-hydrogen) atoms. The zero-order valence-electron chi connectivity index (χ0n) is 42.4. The van der Waals surface area contributed by atoms with Crippen LogP contribution in [0.4, 0.5) is 0 Å². The van der Waals surface area contributed by atoms with Gasteiger partial charge in [0.15, 0.2) is 0 Å². The highest BCUT2D eigenvalue weighted by Crippen LogP contribution is 2.43. The van der Waals surface area contributed by atoms with Crippen LogP contribution in [-0.2, 0) is 18.4 Å². The largest absolute Gasteiger partial charge is 0.472 e. The molecule has 3 N–H and O–H groups in total. The van der Waals surface area contributed by atoms with E-state index in [2.05, 4.69) is 116 Å². The van der Waals surface area contributed by atoms with Gasteiger partial charge in [0.25, 0.3) is 0 Å².